The molecule has 0 radical (unpaired) electrons. The van der Waals surface area contributed by atoms with Gasteiger partial charge in [-0.2, -0.15) is 5.10 Å². The highest BCUT2D eigenvalue weighted by Crippen LogP contribution is 2.18. The summed E-state index contributed by atoms with van der Waals surface area (Å²) in [5.41, 5.74) is 0.872. The number of aromatic nitrogens is 3. The number of rotatable bonds is 4. The highest BCUT2D eigenvalue weighted by atomic mass is 16.2. The summed E-state index contributed by atoms with van der Waals surface area (Å²) in [6.45, 7) is 2.51. The Morgan fingerprint density at radius 1 is 1.35 bits per heavy atom. The van der Waals surface area contributed by atoms with Gasteiger partial charge in [-0.25, -0.2) is 9.67 Å². The van der Waals surface area contributed by atoms with Crippen LogP contribution in [0.4, 0.5) is 0 Å². The first-order valence-corrected chi connectivity index (χ1v) is 7.65. The summed E-state index contributed by atoms with van der Waals surface area (Å²) < 4.78 is 1.67. The second-order valence-corrected chi connectivity index (χ2v) is 5.53. The average Bonchev–Trinajstić information content (AvgIpc) is 3.23. The van der Waals surface area contributed by atoms with Crippen molar-refractivity contribution in [2.24, 2.45) is 0 Å². The minimum absolute atomic E-state index is 0.0544. The Balaban J connectivity index is 1.69. The molecule has 7 nitrogen and oxygen atoms in total. The molecule has 1 fully saturated rings. The third-order valence-corrected chi connectivity index (χ3v) is 4.00. The topological polar surface area (TPSA) is 80.1 Å². The number of carbonyl (C=O) groups excluding carboxylic acids is 2. The quantitative estimate of drug-likeness (QED) is 0.909. The van der Waals surface area contributed by atoms with Crippen molar-refractivity contribution in [3.8, 4) is 5.82 Å². The van der Waals surface area contributed by atoms with E-state index in [-0.39, 0.29) is 17.9 Å². The van der Waals surface area contributed by atoms with Gasteiger partial charge in [0.1, 0.15) is 6.04 Å². The number of hydrogen-bond acceptors (Lipinski definition) is 4. The van der Waals surface area contributed by atoms with E-state index in [0.29, 0.717) is 25.3 Å². The van der Waals surface area contributed by atoms with Crippen molar-refractivity contribution in [2.75, 3.05) is 6.54 Å². The summed E-state index contributed by atoms with van der Waals surface area (Å²) in [4.78, 5) is 29.9. The van der Waals surface area contributed by atoms with Crippen molar-refractivity contribution in [2.45, 2.75) is 32.4 Å². The van der Waals surface area contributed by atoms with Crippen LogP contribution in [0.1, 0.15) is 25.3 Å². The van der Waals surface area contributed by atoms with Crippen LogP contribution in [0, 0.1) is 0 Å². The predicted molar refractivity (Wildman–Crippen MR) is 83.6 cm³/mol. The Labute approximate surface area is 134 Å². The van der Waals surface area contributed by atoms with Crippen LogP contribution in [0.15, 0.2) is 36.8 Å². The molecule has 2 amide bonds. The molecule has 3 rings (SSSR count). The number of carbonyl (C=O) groups is 2. The molecule has 1 aliphatic heterocycles. The van der Waals surface area contributed by atoms with E-state index >= 15 is 0 Å². The first kappa shape index (κ1) is 15.2. The Kier molecular flexibility index (Phi) is 4.36. The van der Waals surface area contributed by atoms with Crippen LogP contribution in [0.2, 0.25) is 0 Å². The molecule has 2 aromatic heterocycles. The summed E-state index contributed by atoms with van der Waals surface area (Å²) in [7, 11) is 0. The Bertz CT molecular complexity index is 698. The van der Waals surface area contributed by atoms with E-state index in [9.17, 15) is 9.59 Å². The molecular formula is C16H19N5O2. The maximum absolute atomic E-state index is 12.4. The minimum atomic E-state index is -0.364. The molecule has 7 heteroatoms. The molecule has 0 bridgehead atoms. The van der Waals surface area contributed by atoms with Crippen LogP contribution in [-0.2, 0) is 16.1 Å². The van der Waals surface area contributed by atoms with Crippen LogP contribution in [0.25, 0.3) is 5.82 Å². The fraction of sp³-hybridized carbons (Fsp3) is 0.375. The van der Waals surface area contributed by atoms with Crippen molar-refractivity contribution >= 4 is 11.8 Å². The van der Waals surface area contributed by atoms with E-state index in [0.717, 1.165) is 12.0 Å². The molecule has 1 N–H and O–H groups in total. The van der Waals surface area contributed by atoms with E-state index in [1.807, 2.05) is 24.4 Å². The van der Waals surface area contributed by atoms with E-state index in [1.165, 1.54) is 6.92 Å². The highest BCUT2D eigenvalue weighted by molar-refractivity contribution is 5.87. The molecule has 0 aromatic carbocycles. The molecule has 23 heavy (non-hydrogen) atoms. The highest BCUT2D eigenvalue weighted by Gasteiger charge is 2.32. The van der Waals surface area contributed by atoms with Crippen molar-refractivity contribution < 1.29 is 9.59 Å². The Morgan fingerprint density at radius 2 is 2.22 bits per heavy atom. The van der Waals surface area contributed by atoms with Crippen molar-refractivity contribution in [1.29, 1.82) is 0 Å². The minimum Gasteiger partial charge on any atom is -0.350 e. The lowest BCUT2D eigenvalue weighted by Crippen LogP contribution is -2.45. The van der Waals surface area contributed by atoms with E-state index in [1.54, 1.807) is 22.0 Å². The number of amides is 2. The summed E-state index contributed by atoms with van der Waals surface area (Å²) in [6.07, 6.45) is 6.76. The monoisotopic (exact) mass is 313 g/mol. The standard InChI is InChI=1S/C16H19N5O2/c1-12(22)20-9-3-6-14(20)16(23)18-11-13-5-2-7-17-15(13)21-10-4-8-19-21/h2,4-5,7-8,10,14H,3,6,9,11H2,1H3,(H,18,23)/t14-/m0/s1. The van der Waals surface area contributed by atoms with Crippen molar-refractivity contribution in [1.82, 2.24) is 25.0 Å². The maximum atomic E-state index is 12.4. The van der Waals surface area contributed by atoms with Gasteiger partial charge < -0.3 is 10.2 Å². The third-order valence-electron chi connectivity index (χ3n) is 4.00. The number of likely N-dealkylation sites (tertiary alicyclic amines) is 1. The van der Waals surface area contributed by atoms with Gasteiger partial charge in [0.25, 0.3) is 0 Å². The summed E-state index contributed by atoms with van der Waals surface area (Å²) >= 11 is 0. The van der Waals surface area contributed by atoms with Crippen LogP contribution in [0.5, 0.6) is 0 Å². The van der Waals surface area contributed by atoms with Gasteiger partial charge in [-0.15, -0.1) is 0 Å². The van der Waals surface area contributed by atoms with Crippen LogP contribution in [-0.4, -0.2) is 44.1 Å². The van der Waals surface area contributed by atoms with E-state index in [4.69, 9.17) is 0 Å². The van der Waals surface area contributed by atoms with Crippen molar-refractivity contribution in [3.63, 3.8) is 0 Å². The molecule has 0 spiro atoms. The SMILES string of the molecule is CC(=O)N1CCC[C@H]1C(=O)NCc1cccnc1-n1cccn1. The molecule has 0 unspecified atom stereocenters. The second kappa shape index (κ2) is 6.60. The van der Waals surface area contributed by atoms with Crippen LogP contribution < -0.4 is 5.32 Å². The molecule has 2 aromatic rings. The zero-order valence-corrected chi connectivity index (χ0v) is 13.0. The van der Waals surface area contributed by atoms with Gasteiger partial charge in [-0.1, -0.05) is 6.07 Å². The Morgan fingerprint density at radius 3 is 2.96 bits per heavy atom. The van der Waals surface area contributed by atoms with E-state index < -0.39 is 0 Å². The second-order valence-electron chi connectivity index (χ2n) is 5.53. The smallest absolute Gasteiger partial charge is 0.243 e. The molecule has 120 valence electrons. The maximum Gasteiger partial charge on any atom is 0.243 e. The van der Waals surface area contributed by atoms with Gasteiger partial charge in [0, 0.05) is 44.2 Å². The van der Waals surface area contributed by atoms with Gasteiger partial charge in [0.05, 0.1) is 0 Å². The summed E-state index contributed by atoms with van der Waals surface area (Å²) in [5, 5.41) is 7.09. The largest absolute Gasteiger partial charge is 0.350 e. The molecule has 3 heterocycles. The fourth-order valence-electron chi connectivity index (χ4n) is 2.88. The normalized spacial score (nSPS) is 17.3. The molecule has 1 saturated heterocycles. The first-order valence-electron chi connectivity index (χ1n) is 7.65. The molecule has 0 aliphatic carbocycles. The summed E-state index contributed by atoms with van der Waals surface area (Å²) in [6, 6.07) is 5.19. The number of nitrogens with one attached hydrogen (secondary N) is 1. The van der Waals surface area contributed by atoms with Crippen LogP contribution >= 0.6 is 0 Å². The van der Waals surface area contributed by atoms with Crippen LogP contribution in [0.3, 0.4) is 0 Å². The third kappa shape index (κ3) is 3.23. The molecule has 1 atom stereocenters. The lowest BCUT2D eigenvalue weighted by Gasteiger charge is -2.22. The fourth-order valence-corrected chi connectivity index (χ4v) is 2.88. The first-order chi connectivity index (χ1) is 11.2. The average molecular weight is 313 g/mol. The van der Waals surface area contributed by atoms with Crippen molar-refractivity contribution in [3.05, 3.63) is 42.4 Å². The van der Waals surface area contributed by atoms with Gasteiger partial charge in [-0.3, -0.25) is 9.59 Å². The van der Waals surface area contributed by atoms with E-state index in [2.05, 4.69) is 15.4 Å². The molecular weight excluding hydrogens is 294 g/mol. The molecule has 1 aliphatic rings. The molecule has 0 saturated carbocycles. The lowest BCUT2D eigenvalue weighted by molar-refractivity contribution is -0.136. The van der Waals surface area contributed by atoms with Gasteiger partial charge in [0.15, 0.2) is 5.82 Å². The number of nitrogens with zero attached hydrogens (tertiary/aromatic N) is 4. The lowest BCUT2D eigenvalue weighted by atomic mass is 10.2. The zero-order chi connectivity index (χ0) is 16.2. The predicted octanol–water partition coefficient (Wildman–Crippen LogP) is 0.894. The summed E-state index contributed by atoms with van der Waals surface area (Å²) in [5.74, 6) is 0.516. The number of hydrogen-bond donors (Lipinski definition) is 1. The van der Waals surface area contributed by atoms with Gasteiger partial charge in [-0.05, 0) is 25.0 Å². The Hall–Kier alpha value is -2.70. The van der Waals surface area contributed by atoms with Gasteiger partial charge in [0.2, 0.25) is 11.8 Å². The zero-order valence-electron chi connectivity index (χ0n) is 13.0. The van der Waals surface area contributed by atoms with Gasteiger partial charge >= 0.3 is 0 Å². The number of pyridine rings is 1.